The summed E-state index contributed by atoms with van der Waals surface area (Å²) in [6.45, 7) is 0.200. The van der Waals surface area contributed by atoms with Gasteiger partial charge in [0.15, 0.2) is 5.65 Å². The molecule has 0 amide bonds. The summed E-state index contributed by atoms with van der Waals surface area (Å²) in [5, 5.41) is 3.83. The van der Waals surface area contributed by atoms with Gasteiger partial charge in [-0.15, -0.1) is 0 Å². The van der Waals surface area contributed by atoms with Crippen molar-refractivity contribution in [3.63, 3.8) is 0 Å². The predicted octanol–water partition coefficient (Wildman–Crippen LogP) is 5.23. The molecule has 0 unspecified atom stereocenters. The normalized spacial score (nSPS) is 11.1. The number of anilines is 1. The monoisotopic (exact) mass is 521 g/mol. The topological polar surface area (TPSA) is 74.0 Å². The Morgan fingerprint density at radius 1 is 1.03 bits per heavy atom. The molecule has 188 valence electrons. The van der Waals surface area contributed by atoms with Gasteiger partial charge in [-0.2, -0.15) is 4.98 Å². The predicted molar refractivity (Wildman–Crippen MR) is 139 cm³/mol. The fourth-order valence-corrected chi connectivity index (χ4v) is 4.32. The second kappa shape index (κ2) is 10.4. The number of hydrogen-bond acceptors (Lipinski definition) is 5. The van der Waals surface area contributed by atoms with Gasteiger partial charge in [0.05, 0.1) is 25.5 Å². The molecule has 2 heterocycles. The zero-order chi connectivity index (χ0) is 25.9. The van der Waals surface area contributed by atoms with Crippen molar-refractivity contribution in [1.29, 1.82) is 0 Å². The summed E-state index contributed by atoms with van der Waals surface area (Å²) in [4.78, 5) is 22.5. The summed E-state index contributed by atoms with van der Waals surface area (Å²) in [6.07, 6.45) is 2.15. The second-order valence-electron chi connectivity index (χ2n) is 8.31. The van der Waals surface area contributed by atoms with Crippen molar-refractivity contribution in [2.24, 2.45) is 0 Å². The number of hydrogen-bond donors (Lipinski definition) is 1. The van der Waals surface area contributed by atoms with Crippen LogP contribution in [-0.2, 0) is 13.0 Å². The third-order valence-electron chi connectivity index (χ3n) is 5.95. The first-order chi connectivity index (χ1) is 17.9. The van der Waals surface area contributed by atoms with Crippen molar-refractivity contribution >= 4 is 28.7 Å². The molecule has 10 heteroatoms. The molecule has 37 heavy (non-hydrogen) atoms. The molecule has 0 aliphatic carbocycles. The Bertz CT molecular complexity index is 1630. The fraction of sp³-hybridized carbons (Fsp3) is 0.148. The highest BCUT2D eigenvalue weighted by molar-refractivity contribution is 6.30. The standard InChI is InChI=1S/C27H22ClF2N5O2/c1-37-20-8-3-7-19(14-20)35-25-24(34(27(35)36)16-21-22(29)9-4-10-23(21)30)15-32-26(33-25)31-12-11-17-5-2-6-18(28)13-17/h2-10,13-15H,11-12,16H2,1H3,(H,31,32,33). The van der Waals surface area contributed by atoms with Gasteiger partial charge in [-0.25, -0.2) is 23.1 Å². The van der Waals surface area contributed by atoms with E-state index in [-0.39, 0.29) is 17.8 Å². The lowest BCUT2D eigenvalue weighted by Crippen LogP contribution is -2.24. The Morgan fingerprint density at radius 3 is 2.54 bits per heavy atom. The minimum absolute atomic E-state index is 0.224. The molecule has 0 bridgehead atoms. The van der Waals surface area contributed by atoms with Crippen LogP contribution in [0.3, 0.4) is 0 Å². The van der Waals surface area contributed by atoms with Crippen molar-refractivity contribution in [2.75, 3.05) is 19.0 Å². The number of rotatable bonds is 8. The summed E-state index contributed by atoms with van der Waals surface area (Å²) >= 11 is 6.06. The van der Waals surface area contributed by atoms with E-state index in [0.717, 1.165) is 17.7 Å². The van der Waals surface area contributed by atoms with E-state index in [0.29, 0.717) is 40.9 Å². The Kier molecular flexibility index (Phi) is 6.87. The van der Waals surface area contributed by atoms with Crippen LogP contribution in [0.2, 0.25) is 5.02 Å². The van der Waals surface area contributed by atoms with Gasteiger partial charge in [0, 0.05) is 23.2 Å². The summed E-state index contributed by atoms with van der Waals surface area (Å²) < 4.78 is 36.8. The van der Waals surface area contributed by atoms with Gasteiger partial charge < -0.3 is 10.1 Å². The summed E-state index contributed by atoms with van der Waals surface area (Å²) in [7, 11) is 1.52. The molecule has 0 saturated heterocycles. The van der Waals surface area contributed by atoms with Crippen molar-refractivity contribution in [1.82, 2.24) is 19.1 Å². The number of ether oxygens (including phenoxy) is 1. The first-order valence-electron chi connectivity index (χ1n) is 11.5. The molecule has 3 aromatic carbocycles. The molecular weight excluding hydrogens is 500 g/mol. The van der Waals surface area contributed by atoms with Crippen LogP contribution >= 0.6 is 11.6 Å². The number of nitrogens with one attached hydrogen (secondary N) is 1. The zero-order valence-corrected chi connectivity index (χ0v) is 20.5. The molecular formula is C27H22ClF2N5O2. The zero-order valence-electron chi connectivity index (χ0n) is 19.8. The quantitative estimate of drug-likeness (QED) is 0.303. The lowest BCUT2D eigenvalue weighted by atomic mass is 10.1. The third-order valence-corrected chi connectivity index (χ3v) is 6.19. The lowest BCUT2D eigenvalue weighted by Gasteiger charge is -2.08. The Hall–Kier alpha value is -4.24. The summed E-state index contributed by atoms with van der Waals surface area (Å²) in [5.74, 6) is -0.636. The van der Waals surface area contributed by atoms with Crippen LogP contribution in [0.25, 0.3) is 16.9 Å². The minimum Gasteiger partial charge on any atom is -0.497 e. The van der Waals surface area contributed by atoms with Crippen LogP contribution < -0.4 is 15.7 Å². The molecule has 1 N–H and O–H groups in total. The first kappa shape index (κ1) is 24.5. The van der Waals surface area contributed by atoms with Gasteiger partial charge in [-0.05, 0) is 48.4 Å². The first-order valence-corrected chi connectivity index (χ1v) is 11.9. The van der Waals surface area contributed by atoms with Gasteiger partial charge in [-0.1, -0.05) is 35.9 Å². The number of aromatic nitrogens is 4. The van der Waals surface area contributed by atoms with Gasteiger partial charge in [0.25, 0.3) is 0 Å². The van der Waals surface area contributed by atoms with Crippen LogP contribution in [-0.4, -0.2) is 32.8 Å². The number of benzene rings is 3. The number of imidazole rings is 1. The van der Waals surface area contributed by atoms with Gasteiger partial charge in [0.2, 0.25) is 5.95 Å². The average molecular weight is 522 g/mol. The SMILES string of the molecule is COc1cccc(-n2c(=O)n(Cc3c(F)cccc3F)c3cnc(NCCc4cccc(Cl)c4)nc32)c1. The van der Waals surface area contributed by atoms with E-state index < -0.39 is 17.3 Å². The molecule has 2 aromatic heterocycles. The lowest BCUT2D eigenvalue weighted by molar-refractivity contribution is 0.414. The van der Waals surface area contributed by atoms with Gasteiger partial charge in [-0.3, -0.25) is 4.57 Å². The van der Waals surface area contributed by atoms with E-state index in [4.69, 9.17) is 16.3 Å². The maximum Gasteiger partial charge on any atom is 0.335 e. The van der Waals surface area contributed by atoms with Crippen LogP contribution in [0.15, 0.2) is 77.7 Å². The third kappa shape index (κ3) is 5.03. The van der Waals surface area contributed by atoms with Crippen LogP contribution in [0, 0.1) is 11.6 Å². The smallest absolute Gasteiger partial charge is 0.335 e. The summed E-state index contributed by atoms with van der Waals surface area (Å²) in [5.41, 5.74) is 1.42. The highest BCUT2D eigenvalue weighted by atomic mass is 35.5. The van der Waals surface area contributed by atoms with Crippen LogP contribution in [0.1, 0.15) is 11.1 Å². The molecule has 7 nitrogen and oxygen atoms in total. The van der Waals surface area contributed by atoms with E-state index >= 15 is 0 Å². The molecule has 0 aliphatic heterocycles. The summed E-state index contributed by atoms with van der Waals surface area (Å²) in [6, 6.07) is 18.0. The highest BCUT2D eigenvalue weighted by Gasteiger charge is 2.20. The largest absolute Gasteiger partial charge is 0.497 e. The van der Waals surface area contributed by atoms with E-state index in [1.54, 1.807) is 24.3 Å². The number of nitrogens with zero attached hydrogens (tertiary/aromatic N) is 4. The molecule has 5 rings (SSSR count). The molecule has 0 fully saturated rings. The van der Waals surface area contributed by atoms with Gasteiger partial charge >= 0.3 is 5.69 Å². The minimum atomic E-state index is -0.741. The molecule has 0 atom stereocenters. The molecule has 0 saturated carbocycles. The Balaban J connectivity index is 1.56. The molecule has 5 aromatic rings. The second-order valence-corrected chi connectivity index (χ2v) is 8.75. The maximum absolute atomic E-state index is 14.4. The van der Waals surface area contributed by atoms with E-state index in [1.807, 2.05) is 24.3 Å². The van der Waals surface area contributed by atoms with Crippen LogP contribution in [0.5, 0.6) is 5.75 Å². The van der Waals surface area contributed by atoms with Gasteiger partial charge in [0.1, 0.15) is 22.9 Å². The number of halogens is 3. The average Bonchev–Trinajstić information content (AvgIpc) is 3.16. The van der Waals surface area contributed by atoms with E-state index in [9.17, 15) is 13.6 Å². The molecule has 0 radical (unpaired) electrons. The fourth-order valence-electron chi connectivity index (χ4n) is 4.11. The number of fused-ring (bicyclic) bond motifs is 1. The van der Waals surface area contributed by atoms with E-state index in [2.05, 4.69) is 15.3 Å². The highest BCUT2D eigenvalue weighted by Crippen LogP contribution is 2.22. The Labute approximate surface area is 215 Å². The van der Waals surface area contributed by atoms with Crippen molar-refractivity contribution in [3.05, 3.63) is 111 Å². The van der Waals surface area contributed by atoms with Crippen molar-refractivity contribution in [2.45, 2.75) is 13.0 Å². The number of methoxy groups -OCH3 is 1. The van der Waals surface area contributed by atoms with Crippen molar-refractivity contribution in [3.8, 4) is 11.4 Å². The Morgan fingerprint density at radius 2 is 1.78 bits per heavy atom. The molecule has 0 spiro atoms. The molecule has 0 aliphatic rings. The van der Waals surface area contributed by atoms with Crippen LogP contribution in [0.4, 0.5) is 14.7 Å². The van der Waals surface area contributed by atoms with Crippen molar-refractivity contribution < 1.29 is 13.5 Å². The van der Waals surface area contributed by atoms with E-state index in [1.165, 1.54) is 28.5 Å². The maximum atomic E-state index is 14.4.